The van der Waals surface area contributed by atoms with Crippen molar-refractivity contribution >= 4 is 22.7 Å². The van der Waals surface area contributed by atoms with Gasteiger partial charge >= 0.3 is 0 Å². The number of aromatic nitrogens is 5. The van der Waals surface area contributed by atoms with Gasteiger partial charge in [0.25, 0.3) is 0 Å². The Hall–Kier alpha value is -2.74. The van der Waals surface area contributed by atoms with Crippen LogP contribution in [0.4, 0.5) is 11.6 Å². The van der Waals surface area contributed by atoms with E-state index in [0.717, 1.165) is 59.5 Å². The number of nitrogens with two attached hydrogens (primary N) is 1. The zero-order chi connectivity index (χ0) is 20.0. The van der Waals surface area contributed by atoms with E-state index >= 15 is 0 Å². The third-order valence-electron chi connectivity index (χ3n) is 6.09. The molecule has 3 aliphatic rings. The van der Waals surface area contributed by atoms with Crippen LogP contribution in [0.5, 0.6) is 0 Å². The molecule has 3 aromatic heterocycles. The van der Waals surface area contributed by atoms with Crippen LogP contribution in [0.1, 0.15) is 32.5 Å². The van der Waals surface area contributed by atoms with Gasteiger partial charge in [0.2, 0.25) is 0 Å². The number of nitrogens with zero attached hydrogens (tertiary/aromatic N) is 6. The molecular formula is C21H27N7O. The van der Waals surface area contributed by atoms with Crippen molar-refractivity contribution in [1.29, 1.82) is 0 Å². The number of pyridine rings is 1. The fraction of sp³-hybridized carbons (Fsp3) is 0.524. The molecule has 8 heteroatoms. The van der Waals surface area contributed by atoms with Gasteiger partial charge in [0.1, 0.15) is 22.9 Å². The summed E-state index contributed by atoms with van der Waals surface area (Å²) in [6.45, 7) is 7.38. The molecule has 3 fully saturated rings. The molecular weight excluding hydrogens is 366 g/mol. The number of nitrogen functional groups attached to an aromatic ring is 1. The van der Waals surface area contributed by atoms with Gasteiger partial charge in [0.05, 0.1) is 30.2 Å². The Balaban J connectivity index is 1.67. The SMILES string of the molecule is CCOCCn1c(CC)nc2c(N3CC4CC3C4)nc(-c3cnc(N)cn3)cc21. The summed E-state index contributed by atoms with van der Waals surface area (Å²) in [5.41, 5.74) is 9.34. The molecule has 1 aliphatic carbocycles. The van der Waals surface area contributed by atoms with Gasteiger partial charge < -0.3 is 19.9 Å². The third kappa shape index (κ3) is 3.11. The van der Waals surface area contributed by atoms with Crippen molar-refractivity contribution in [3.8, 4) is 11.4 Å². The molecule has 2 aliphatic heterocycles. The first-order chi connectivity index (χ1) is 14.2. The highest BCUT2D eigenvalue weighted by molar-refractivity contribution is 5.90. The molecule has 0 unspecified atom stereocenters. The molecule has 0 atom stereocenters. The topological polar surface area (TPSA) is 95.0 Å². The average molecular weight is 393 g/mol. The van der Waals surface area contributed by atoms with Crippen molar-refractivity contribution in [2.24, 2.45) is 5.92 Å². The standard InChI is InChI=1S/C21H27N7O/c1-3-19-26-20-17(27(19)5-6-29-4-2)9-15(16-10-24-18(22)11-23-16)25-21(20)28-12-13-7-14(28)8-13/h9-11,13-14H,3-8,12H2,1-2H3,(H2,22,24). The minimum atomic E-state index is 0.408. The van der Waals surface area contributed by atoms with E-state index in [1.807, 2.05) is 6.92 Å². The van der Waals surface area contributed by atoms with Crippen LogP contribution in [0.2, 0.25) is 0 Å². The number of imidazole rings is 1. The number of hydrogen-bond acceptors (Lipinski definition) is 7. The summed E-state index contributed by atoms with van der Waals surface area (Å²) in [5, 5.41) is 0. The number of ether oxygens (including phenoxy) is 1. The lowest BCUT2D eigenvalue weighted by atomic mass is 9.86. The summed E-state index contributed by atoms with van der Waals surface area (Å²) in [4.78, 5) is 21.1. The molecule has 2 N–H and O–H groups in total. The second-order valence-electron chi connectivity index (χ2n) is 7.90. The Morgan fingerprint density at radius 1 is 1.14 bits per heavy atom. The summed E-state index contributed by atoms with van der Waals surface area (Å²) in [5.74, 6) is 3.24. The fourth-order valence-corrected chi connectivity index (χ4v) is 4.57. The second kappa shape index (κ2) is 7.26. The predicted molar refractivity (Wildman–Crippen MR) is 113 cm³/mol. The minimum absolute atomic E-state index is 0.408. The van der Waals surface area contributed by atoms with Crippen LogP contribution in [0, 0.1) is 5.92 Å². The van der Waals surface area contributed by atoms with Gasteiger partial charge in [0.15, 0.2) is 5.82 Å². The van der Waals surface area contributed by atoms with Crippen LogP contribution in [0.3, 0.4) is 0 Å². The quantitative estimate of drug-likeness (QED) is 0.617. The molecule has 1 saturated carbocycles. The summed E-state index contributed by atoms with van der Waals surface area (Å²) in [6.07, 6.45) is 6.67. The lowest BCUT2D eigenvalue weighted by Crippen LogP contribution is -2.29. The monoisotopic (exact) mass is 393 g/mol. The smallest absolute Gasteiger partial charge is 0.157 e. The summed E-state index contributed by atoms with van der Waals surface area (Å²) >= 11 is 0. The Morgan fingerprint density at radius 2 is 2.00 bits per heavy atom. The Kier molecular flexibility index (Phi) is 4.58. The molecule has 152 valence electrons. The van der Waals surface area contributed by atoms with Gasteiger partial charge in [-0.15, -0.1) is 0 Å². The van der Waals surface area contributed by atoms with Gasteiger partial charge in [0, 0.05) is 32.2 Å². The largest absolute Gasteiger partial charge is 0.382 e. The van der Waals surface area contributed by atoms with Crippen LogP contribution in [-0.4, -0.2) is 50.3 Å². The van der Waals surface area contributed by atoms with E-state index in [1.54, 1.807) is 12.4 Å². The van der Waals surface area contributed by atoms with Crippen LogP contribution in [-0.2, 0) is 17.7 Å². The van der Waals surface area contributed by atoms with Crippen molar-refractivity contribution in [3.05, 3.63) is 24.3 Å². The van der Waals surface area contributed by atoms with Crippen LogP contribution >= 0.6 is 0 Å². The molecule has 0 amide bonds. The molecule has 29 heavy (non-hydrogen) atoms. The van der Waals surface area contributed by atoms with Crippen molar-refractivity contribution in [3.63, 3.8) is 0 Å². The summed E-state index contributed by atoms with van der Waals surface area (Å²) in [6, 6.07) is 2.67. The number of anilines is 2. The number of aryl methyl sites for hydroxylation is 1. The zero-order valence-electron chi connectivity index (χ0n) is 17.0. The molecule has 2 bridgehead atoms. The highest BCUT2D eigenvalue weighted by Crippen LogP contribution is 2.44. The van der Waals surface area contributed by atoms with Crippen LogP contribution < -0.4 is 10.6 Å². The number of fused-ring (bicyclic) bond motifs is 2. The molecule has 8 nitrogen and oxygen atoms in total. The first-order valence-corrected chi connectivity index (χ1v) is 10.5. The zero-order valence-corrected chi connectivity index (χ0v) is 17.0. The molecule has 6 rings (SSSR count). The van der Waals surface area contributed by atoms with Crippen molar-refractivity contribution in [1.82, 2.24) is 24.5 Å². The highest BCUT2D eigenvalue weighted by atomic mass is 16.5. The van der Waals surface area contributed by atoms with Crippen LogP contribution in [0.25, 0.3) is 22.4 Å². The van der Waals surface area contributed by atoms with E-state index in [9.17, 15) is 0 Å². The molecule has 0 spiro atoms. The Bertz CT molecular complexity index is 1020. The first-order valence-electron chi connectivity index (χ1n) is 10.5. The first kappa shape index (κ1) is 18.3. The molecule has 0 aromatic carbocycles. The van der Waals surface area contributed by atoms with Crippen molar-refractivity contribution < 1.29 is 4.74 Å². The maximum absolute atomic E-state index is 5.73. The molecule has 3 aromatic rings. The fourth-order valence-electron chi connectivity index (χ4n) is 4.57. The lowest BCUT2D eigenvalue weighted by molar-refractivity contribution is 0.139. The predicted octanol–water partition coefficient (Wildman–Crippen LogP) is 2.67. The lowest BCUT2D eigenvalue weighted by Gasteiger charge is -2.27. The third-order valence-corrected chi connectivity index (χ3v) is 6.09. The van der Waals surface area contributed by atoms with Gasteiger partial charge in [-0.05, 0) is 31.7 Å². The van der Waals surface area contributed by atoms with E-state index in [2.05, 4.69) is 32.4 Å². The summed E-state index contributed by atoms with van der Waals surface area (Å²) < 4.78 is 7.89. The van der Waals surface area contributed by atoms with Crippen molar-refractivity contribution in [2.45, 2.75) is 45.7 Å². The number of rotatable bonds is 7. The Morgan fingerprint density at radius 3 is 2.66 bits per heavy atom. The summed E-state index contributed by atoms with van der Waals surface area (Å²) in [7, 11) is 0. The van der Waals surface area contributed by atoms with Gasteiger partial charge in [-0.3, -0.25) is 0 Å². The highest BCUT2D eigenvalue weighted by Gasteiger charge is 2.44. The van der Waals surface area contributed by atoms with Crippen LogP contribution in [0.15, 0.2) is 18.5 Å². The number of hydrogen-bond donors (Lipinski definition) is 1. The molecule has 0 radical (unpaired) electrons. The van der Waals surface area contributed by atoms with E-state index in [-0.39, 0.29) is 0 Å². The normalized spacial score (nSPS) is 20.4. The molecule has 5 heterocycles. The van der Waals surface area contributed by atoms with E-state index < -0.39 is 0 Å². The van der Waals surface area contributed by atoms with E-state index in [0.29, 0.717) is 25.1 Å². The second-order valence-corrected chi connectivity index (χ2v) is 7.90. The van der Waals surface area contributed by atoms with Crippen molar-refractivity contribution in [2.75, 3.05) is 30.4 Å². The van der Waals surface area contributed by atoms with Gasteiger partial charge in [-0.1, -0.05) is 6.92 Å². The Labute approximate surface area is 170 Å². The maximum atomic E-state index is 5.73. The maximum Gasteiger partial charge on any atom is 0.157 e. The molecule has 2 saturated heterocycles. The van der Waals surface area contributed by atoms with E-state index in [4.69, 9.17) is 20.4 Å². The van der Waals surface area contributed by atoms with E-state index in [1.165, 1.54) is 12.8 Å². The average Bonchev–Trinajstić information content (AvgIpc) is 3.40. The minimum Gasteiger partial charge on any atom is -0.382 e. The van der Waals surface area contributed by atoms with Gasteiger partial charge in [-0.2, -0.15) is 0 Å². The van der Waals surface area contributed by atoms with Gasteiger partial charge in [-0.25, -0.2) is 19.9 Å².